The third-order valence-corrected chi connectivity index (χ3v) is 1.01. The first-order valence-corrected chi connectivity index (χ1v) is 2.56. The maximum atomic E-state index is 7.13. The highest BCUT2D eigenvalue weighted by molar-refractivity contribution is 5.94. The van der Waals surface area contributed by atoms with Crippen LogP contribution >= 0.6 is 0 Å². The second-order valence-electron chi connectivity index (χ2n) is 1.82. The SMILES string of the molecule is CC(=N)c1nonc1C. The van der Waals surface area contributed by atoms with Crippen molar-refractivity contribution in [3.63, 3.8) is 0 Å². The van der Waals surface area contributed by atoms with Crippen LogP contribution in [0.1, 0.15) is 18.3 Å². The molecule has 0 radical (unpaired) electrons. The second kappa shape index (κ2) is 1.97. The van der Waals surface area contributed by atoms with Crippen LogP contribution in [0.3, 0.4) is 0 Å². The van der Waals surface area contributed by atoms with Crippen molar-refractivity contribution in [1.82, 2.24) is 10.3 Å². The van der Waals surface area contributed by atoms with Gasteiger partial charge in [0.15, 0.2) is 5.69 Å². The largest absolute Gasteiger partial charge is 0.303 e. The van der Waals surface area contributed by atoms with Crippen molar-refractivity contribution in [2.45, 2.75) is 13.8 Å². The number of nitrogens with one attached hydrogen (secondary N) is 1. The zero-order valence-electron chi connectivity index (χ0n) is 5.30. The minimum absolute atomic E-state index is 0.383. The van der Waals surface area contributed by atoms with Crippen molar-refractivity contribution in [2.24, 2.45) is 0 Å². The van der Waals surface area contributed by atoms with Crippen LogP contribution in [0.25, 0.3) is 0 Å². The van der Waals surface area contributed by atoms with E-state index in [4.69, 9.17) is 5.41 Å². The monoisotopic (exact) mass is 125 g/mol. The molecule has 1 aromatic rings. The van der Waals surface area contributed by atoms with E-state index in [-0.39, 0.29) is 0 Å². The average Bonchev–Trinajstić information content (AvgIpc) is 2.13. The lowest BCUT2D eigenvalue weighted by Crippen LogP contribution is -1.94. The first kappa shape index (κ1) is 5.94. The molecule has 0 spiro atoms. The Labute approximate surface area is 52.3 Å². The summed E-state index contributed by atoms with van der Waals surface area (Å²) in [4.78, 5) is 0. The van der Waals surface area contributed by atoms with E-state index in [0.717, 1.165) is 0 Å². The molecule has 0 aliphatic carbocycles. The molecule has 0 bridgehead atoms. The Balaban J connectivity index is 3.08. The molecule has 1 heterocycles. The summed E-state index contributed by atoms with van der Waals surface area (Å²) in [7, 11) is 0. The normalized spacial score (nSPS) is 9.56. The van der Waals surface area contributed by atoms with Crippen molar-refractivity contribution in [2.75, 3.05) is 0 Å². The molecule has 1 rings (SSSR count). The van der Waals surface area contributed by atoms with Gasteiger partial charge in [0.05, 0.1) is 5.71 Å². The first-order chi connectivity index (χ1) is 4.22. The molecule has 0 fully saturated rings. The summed E-state index contributed by atoms with van der Waals surface area (Å²) >= 11 is 0. The molecule has 1 N–H and O–H groups in total. The summed E-state index contributed by atoms with van der Waals surface area (Å²) < 4.78 is 4.37. The number of aryl methyl sites for hydroxylation is 1. The van der Waals surface area contributed by atoms with E-state index in [1.807, 2.05) is 0 Å². The third kappa shape index (κ3) is 0.960. The van der Waals surface area contributed by atoms with E-state index >= 15 is 0 Å². The van der Waals surface area contributed by atoms with Gasteiger partial charge in [0.25, 0.3) is 0 Å². The lowest BCUT2D eigenvalue weighted by atomic mass is 10.2. The molecule has 48 valence electrons. The topological polar surface area (TPSA) is 62.8 Å². The van der Waals surface area contributed by atoms with Crippen LogP contribution < -0.4 is 0 Å². The molecule has 1 aromatic heterocycles. The molecule has 4 nitrogen and oxygen atoms in total. The molecule has 0 aromatic carbocycles. The van der Waals surface area contributed by atoms with Gasteiger partial charge >= 0.3 is 0 Å². The second-order valence-corrected chi connectivity index (χ2v) is 1.82. The molecular formula is C5H7N3O. The van der Waals surface area contributed by atoms with E-state index in [2.05, 4.69) is 14.9 Å². The quantitative estimate of drug-likeness (QED) is 0.564. The molecule has 0 aliphatic rings. The summed E-state index contributed by atoms with van der Waals surface area (Å²) in [5, 5.41) is 14.1. The van der Waals surface area contributed by atoms with E-state index in [9.17, 15) is 0 Å². The predicted octanol–water partition coefficient (Wildman–Crippen LogP) is 0.766. The van der Waals surface area contributed by atoms with Gasteiger partial charge in [-0.25, -0.2) is 4.63 Å². The first-order valence-electron chi connectivity index (χ1n) is 2.56. The molecule has 4 heteroatoms. The van der Waals surface area contributed by atoms with Crippen LogP contribution in [-0.2, 0) is 0 Å². The Kier molecular flexibility index (Phi) is 1.30. The van der Waals surface area contributed by atoms with Gasteiger partial charge in [-0.1, -0.05) is 5.16 Å². The summed E-state index contributed by atoms with van der Waals surface area (Å²) in [5.74, 6) is 0. The lowest BCUT2D eigenvalue weighted by molar-refractivity contribution is 0.304. The zero-order chi connectivity index (χ0) is 6.85. The van der Waals surface area contributed by atoms with E-state index < -0.39 is 0 Å². The van der Waals surface area contributed by atoms with Gasteiger partial charge < -0.3 is 5.41 Å². The van der Waals surface area contributed by atoms with Gasteiger partial charge in [0.1, 0.15) is 5.69 Å². The maximum Gasteiger partial charge on any atom is 0.151 e. The fourth-order valence-electron chi connectivity index (χ4n) is 0.572. The summed E-state index contributed by atoms with van der Waals surface area (Å²) in [6, 6.07) is 0. The molecular weight excluding hydrogens is 118 g/mol. The van der Waals surface area contributed by atoms with Crippen molar-refractivity contribution in [1.29, 1.82) is 5.41 Å². The predicted molar refractivity (Wildman–Crippen MR) is 31.5 cm³/mol. The molecule has 0 unspecified atom stereocenters. The van der Waals surface area contributed by atoms with Crippen LogP contribution in [0.2, 0.25) is 0 Å². The molecule has 0 amide bonds. The average molecular weight is 125 g/mol. The van der Waals surface area contributed by atoms with Crippen LogP contribution in [0.5, 0.6) is 0 Å². The summed E-state index contributed by atoms with van der Waals surface area (Å²) in [6.07, 6.45) is 0. The molecule has 0 atom stereocenters. The van der Waals surface area contributed by atoms with Gasteiger partial charge in [-0.3, -0.25) is 0 Å². The number of hydrogen-bond acceptors (Lipinski definition) is 4. The summed E-state index contributed by atoms with van der Waals surface area (Å²) in [5.41, 5.74) is 1.59. The van der Waals surface area contributed by atoms with Crippen molar-refractivity contribution in [3.05, 3.63) is 11.4 Å². The maximum absolute atomic E-state index is 7.13. The van der Waals surface area contributed by atoms with E-state index in [0.29, 0.717) is 17.1 Å². The Morgan fingerprint density at radius 3 is 2.44 bits per heavy atom. The highest BCUT2D eigenvalue weighted by Crippen LogP contribution is 1.99. The Morgan fingerprint density at radius 2 is 2.22 bits per heavy atom. The van der Waals surface area contributed by atoms with Gasteiger partial charge in [0.2, 0.25) is 0 Å². The number of hydrogen-bond donors (Lipinski definition) is 1. The minimum Gasteiger partial charge on any atom is -0.303 e. The molecule has 0 saturated carbocycles. The summed E-state index contributed by atoms with van der Waals surface area (Å²) in [6.45, 7) is 3.40. The van der Waals surface area contributed by atoms with E-state index in [1.165, 1.54) is 0 Å². The van der Waals surface area contributed by atoms with Crippen molar-refractivity contribution < 1.29 is 4.63 Å². The fourth-order valence-corrected chi connectivity index (χ4v) is 0.572. The van der Waals surface area contributed by atoms with Gasteiger partial charge in [-0.05, 0) is 19.0 Å². The number of nitrogens with zero attached hydrogens (tertiary/aromatic N) is 2. The fraction of sp³-hybridized carbons (Fsp3) is 0.400. The standard InChI is InChI=1S/C5H7N3O/c1-3(6)5-4(2)7-9-8-5/h6H,1-2H3. The minimum atomic E-state index is 0.383. The highest BCUT2D eigenvalue weighted by atomic mass is 16.6. The van der Waals surface area contributed by atoms with Crippen LogP contribution in [0.4, 0.5) is 0 Å². The van der Waals surface area contributed by atoms with Crippen LogP contribution in [0.15, 0.2) is 4.63 Å². The van der Waals surface area contributed by atoms with Crippen molar-refractivity contribution in [3.8, 4) is 0 Å². The smallest absolute Gasteiger partial charge is 0.151 e. The number of aromatic nitrogens is 2. The van der Waals surface area contributed by atoms with Crippen molar-refractivity contribution >= 4 is 5.71 Å². The van der Waals surface area contributed by atoms with Gasteiger partial charge in [0, 0.05) is 0 Å². The molecule has 0 saturated heterocycles. The number of rotatable bonds is 1. The van der Waals surface area contributed by atoms with Gasteiger partial charge in [-0.15, -0.1) is 0 Å². The molecule has 9 heavy (non-hydrogen) atoms. The Morgan fingerprint density at radius 1 is 1.56 bits per heavy atom. The lowest BCUT2D eigenvalue weighted by Gasteiger charge is -1.84. The zero-order valence-corrected chi connectivity index (χ0v) is 5.30. The molecule has 0 aliphatic heterocycles. The van der Waals surface area contributed by atoms with Crippen LogP contribution in [0, 0.1) is 12.3 Å². The van der Waals surface area contributed by atoms with Crippen LogP contribution in [-0.4, -0.2) is 16.0 Å². The highest BCUT2D eigenvalue weighted by Gasteiger charge is 2.04. The van der Waals surface area contributed by atoms with Gasteiger partial charge in [-0.2, -0.15) is 0 Å². The third-order valence-electron chi connectivity index (χ3n) is 1.01. The Hall–Kier alpha value is -1.19. The van der Waals surface area contributed by atoms with E-state index in [1.54, 1.807) is 13.8 Å². The Bertz CT molecular complexity index is 228.